The molecule has 3 rings (SSSR count). The van der Waals surface area contributed by atoms with E-state index in [4.69, 9.17) is 4.74 Å². The summed E-state index contributed by atoms with van der Waals surface area (Å²) in [6.07, 6.45) is 1.71. The quantitative estimate of drug-likeness (QED) is 0.404. The second-order valence-corrected chi connectivity index (χ2v) is 8.14. The number of nitrogens with one attached hydrogen (secondary N) is 2. The first-order valence-corrected chi connectivity index (χ1v) is 10.4. The van der Waals surface area contributed by atoms with Crippen LogP contribution in [-0.2, 0) is 20.7 Å². The highest BCUT2D eigenvalue weighted by molar-refractivity contribution is 5.92. The SMILES string of the molecule is CC(=O)OC[C@](C)(C[C@@H](Cc1ccc(-c2ccccc2)cc1)NC(=O)c1cn[nH]n1)C(=O)O. The number of nitrogens with zero attached hydrogens (tertiary/aromatic N) is 2. The van der Waals surface area contributed by atoms with Crippen LogP contribution in [-0.4, -0.2) is 51.0 Å². The lowest BCUT2D eigenvalue weighted by Crippen LogP contribution is -2.44. The Morgan fingerprint density at radius 2 is 1.76 bits per heavy atom. The van der Waals surface area contributed by atoms with Gasteiger partial charge in [-0.05, 0) is 36.5 Å². The Kier molecular flexibility index (Phi) is 7.55. The third-order valence-electron chi connectivity index (χ3n) is 5.33. The fourth-order valence-corrected chi connectivity index (χ4v) is 3.51. The number of carboxylic acids is 1. The Hall–Kier alpha value is -4.01. The van der Waals surface area contributed by atoms with E-state index >= 15 is 0 Å². The largest absolute Gasteiger partial charge is 0.481 e. The number of aromatic amines is 1. The van der Waals surface area contributed by atoms with E-state index < -0.39 is 29.3 Å². The standard InChI is InChI=1S/C24H26N4O5/c1-16(29)33-15-24(2,23(31)32)13-20(26-22(30)21-14-25-28-27-21)12-17-8-10-19(11-9-17)18-6-4-3-5-7-18/h3-11,14,20H,12-13,15H2,1-2H3,(H,26,30)(H,31,32)(H,25,27,28)/t20-,24+/m1/s1. The highest BCUT2D eigenvalue weighted by atomic mass is 16.5. The summed E-state index contributed by atoms with van der Waals surface area (Å²) in [5.41, 5.74) is 1.75. The molecule has 0 bridgehead atoms. The second kappa shape index (κ2) is 10.5. The summed E-state index contributed by atoms with van der Waals surface area (Å²) >= 11 is 0. The predicted molar refractivity (Wildman–Crippen MR) is 120 cm³/mol. The van der Waals surface area contributed by atoms with Crippen molar-refractivity contribution in [2.45, 2.75) is 32.7 Å². The van der Waals surface area contributed by atoms with Gasteiger partial charge >= 0.3 is 11.9 Å². The van der Waals surface area contributed by atoms with E-state index in [-0.39, 0.29) is 18.7 Å². The molecule has 1 amide bonds. The van der Waals surface area contributed by atoms with E-state index in [0.29, 0.717) is 6.42 Å². The average molecular weight is 450 g/mol. The Bertz CT molecular complexity index is 1080. The van der Waals surface area contributed by atoms with Crippen molar-refractivity contribution < 1.29 is 24.2 Å². The van der Waals surface area contributed by atoms with Crippen LogP contribution in [0.25, 0.3) is 11.1 Å². The number of carbonyl (C=O) groups excluding carboxylic acids is 2. The number of hydrogen-bond acceptors (Lipinski definition) is 6. The number of aliphatic carboxylic acids is 1. The van der Waals surface area contributed by atoms with Crippen LogP contribution >= 0.6 is 0 Å². The first kappa shape index (κ1) is 23.6. The fourth-order valence-electron chi connectivity index (χ4n) is 3.51. The minimum Gasteiger partial charge on any atom is -0.481 e. The normalized spacial score (nSPS) is 13.5. The van der Waals surface area contributed by atoms with Gasteiger partial charge in [0.1, 0.15) is 12.0 Å². The molecule has 2 atom stereocenters. The lowest BCUT2D eigenvalue weighted by atomic mass is 9.82. The van der Waals surface area contributed by atoms with Crippen molar-refractivity contribution in [1.29, 1.82) is 0 Å². The predicted octanol–water partition coefficient (Wildman–Crippen LogP) is 2.86. The van der Waals surface area contributed by atoms with Crippen LogP contribution in [0.15, 0.2) is 60.8 Å². The number of carbonyl (C=O) groups is 3. The molecule has 0 aliphatic carbocycles. The summed E-state index contributed by atoms with van der Waals surface area (Å²) in [5, 5.41) is 22.5. The van der Waals surface area contributed by atoms with Crippen LogP contribution in [0.2, 0.25) is 0 Å². The minimum absolute atomic E-state index is 0.0413. The molecule has 0 aliphatic rings. The number of H-pyrrole nitrogens is 1. The molecule has 1 heterocycles. The zero-order valence-electron chi connectivity index (χ0n) is 18.4. The number of esters is 1. The number of carboxylic acid groups (broad SMARTS) is 1. The number of hydrogen-bond donors (Lipinski definition) is 3. The highest BCUT2D eigenvalue weighted by Crippen LogP contribution is 2.27. The Morgan fingerprint density at radius 1 is 1.09 bits per heavy atom. The molecule has 3 aromatic rings. The summed E-state index contributed by atoms with van der Waals surface area (Å²) in [4.78, 5) is 35.9. The van der Waals surface area contributed by atoms with Gasteiger partial charge in [-0.3, -0.25) is 14.4 Å². The van der Waals surface area contributed by atoms with Crippen molar-refractivity contribution in [2.75, 3.05) is 6.61 Å². The van der Waals surface area contributed by atoms with Crippen LogP contribution in [0.5, 0.6) is 0 Å². The van der Waals surface area contributed by atoms with E-state index in [1.54, 1.807) is 0 Å². The summed E-state index contributed by atoms with van der Waals surface area (Å²) in [6, 6.07) is 17.2. The van der Waals surface area contributed by atoms with Gasteiger partial charge in [0.25, 0.3) is 5.91 Å². The molecule has 0 spiro atoms. The van der Waals surface area contributed by atoms with Gasteiger partial charge in [-0.25, -0.2) is 0 Å². The van der Waals surface area contributed by atoms with Gasteiger partial charge in [0.15, 0.2) is 5.69 Å². The lowest BCUT2D eigenvalue weighted by molar-refractivity contribution is -0.157. The molecule has 1 aromatic heterocycles. The zero-order valence-corrected chi connectivity index (χ0v) is 18.4. The van der Waals surface area contributed by atoms with Crippen LogP contribution in [0, 0.1) is 5.41 Å². The topological polar surface area (TPSA) is 134 Å². The summed E-state index contributed by atoms with van der Waals surface area (Å²) in [6.45, 7) is 2.41. The van der Waals surface area contributed by atoms with Gasteiger partial charge in [0, 0.05) is 13.0 Å². The molecule has 3 N–H and O–H groups in total. The van der Waals surface area contributed by atoms with E-state index in [1.807, 2.05) is 54.6 Å². The molecule has 0 fully saturated rings. The Balaban J connectivity index is 1.80. The zero-order chi connectivity index (χ0) is 23.8. The maximum atomic E-state index is 12.6. The van der Waals surface area contributed by atoms with Crippen molar-refractivity contribution in [3.63, 3.8) is 0 Å². The van der Waals surface area contributed by atoms with Gasteiger partial charge < -0.3 is 15.2 Å². The van der Waals surface area contributed by atoms with E-state index in [2.05, 4.69) is 20.7 Å². The number of benzene rings is 2. The average Bonchev–Trinajstić information content (AvgIpc) is 3.34. The molecule has 33 heavy (non-hydrogen) atoms. The molecule has 0 unspecified atom stereocenters. The summed E-state index contributed by atoms with van der Waals surface area (Å²) < 4.78 is 5.00. The molecule has 2 aromatic carbocycles. The third kappa shape index (κ3) is 6.49. The smallest absolute Gasteiger partial charge is 0.312 e. The maximum absolute atomic E-state index is 12.6. The van der Waals surface area contributed by atoms with Crippen LogP contribution < -0.4 is 5.32 Å². The van der Waals surface area contributed by atoms with Gasteiger partial charge in [0.05, 0.1) is 6.20 Å². The fraction of sp³-hybridized carbons (Fsp3) is 0.292. The van der Waals surface area contributed by atoms with Crippen molar-refractivity contribution >= 4 is 17.8 Å². The van der Waals surface area contributed by atoms with Gasteiger partial charge in [-0.1, -0.05) is 54.6 Å². The van der Waals surface area contributed by atoms with Crippen LogP contribution in [0.1, 0.15) is 36.3 Å². The number of ether oxygens (including phenoxy) is 1. The summed E-state index contributed by atoms with van der Waals surface area (Å²) in [5.74, 6) is -2.17. The monoisotopic (exact) mass is 450 g/mol. The third-order valence-corrected chi connectivity index (χ3v) is 5.33. The Morgan fingerprint density at radius 3 is 2.33 bits per heavy atom. The van der Waals surface area contributed by atoms with E-state index in [1.165, 1.54) is 20.0 Å². The molecule has 0 saturated carbocycles. The van der Waals surface area contributed by atoms with Gasteiger partial charge in [-0.2, -0.15) is 15.4 Å². The van der Waals surface area contributed by atoms with Crippen LogP contribution in [0.3, 0.4) is 0 Å². The van der Waals surface area contributed by atoms with Crippen molar-refractivity contribution in [1.82, 2.24) is 20.7 Å². The molecule has 0 saturated heterocycles. The van der Waals surface area contributed by atoms with Gasteiger partial charge in [-0.15, -0.1) is 0 Å². The molecule has 0 aliphatic heterocycles. The second-order valence-electron chi connectivity index (χ2n) is 8.14. The molecule has 9 nitrogen and oxygen atoms in total. The lowest BCUT2D eigenvalue weighted by Gasteiger charge is -2.29. The van der Waals surface area contributed by atoms with Crippen molar-refractivity contribution in [2.24, 2.45) is 5.41 Å². The molecule has 172 valence electrons. The van der Waals surface area contributed by atoms with Gasteiger partial charge in [0.2, 0.25) is 0 Å². The first-order valence-electron chi connectivity index (χ1n) is 10.4. The van der Waals surface area contributed by atoms with E-state index in [9.17, 15) is 19.5 Å². The highest BCUT2D eigenvalue weighted by Gasteiger charge is 2.38. The molecular weight excluding hydrogens is 424 g/mol. The molecule has 9 heteroatoms. The number of rotatable bonds is 10. The van der Waals surface area contributed by atoms with Crippen LogP contribution in [0.4, 0.5) is 0 Å². The van der Waals surface area contributed by atoms with Crippen molar-refractivity contribution in [3.8, 4) is 11.1 Å². The number of aromatic nitrogens is 3. The number of amides is 1. The minimum atomic E-state index is -1.39. The van der Waals surface area contributed by atoms with Crippen molar-refractivity contribution in [3.05, 3.63) is 72.1 Å². The molecule has 0 radical (unpaired) electrons. The first-order chi connectivity index (χ1) is 15.8. The van der Waals surface area contributed by atoms with E-state index in [0.717, 1.165) is 16.7 Å². The Labute approximate surface area is 191 Å². The maximum Gasteiger partial charge on any atom is 0.312 e. The summed E-state index contributed by atoms with van der Waals surface area (Å²) in [7, 11) is 0. The molecular formula is C24H26N4O5.